The van der Waals surface area contributed by atoms with Gasteiger partial charge in [0, 0.05) is 37.9 Å². The Labute approximate surface area is 221 Å². The van der Waals surface area contributed by atoms with E-state index in [4.69, 9.17) is 4.74 Å². The average Bonchev–Trinajstić information content (AvgIpc) is 2.82. The largest absolute Gasteiger partial charge is 0.444 e. The van der Waals surface area contributed by atoms with Crippen molar-refractivity contribution < 1.29 is 23.9 Å². The van der Waals surface area contributed by atoms with Crippen LogP contribution >= 0.6 is 0 Å². The second kappa shape index (κ2) is 11.0. The number of piperazine rings is 1. The van der Waals surface area contributed by atoms with Crippen LogP contribution < -0.4 is 16.3 Å². The number of carbonyl (C=O) groups is 4. The molecule has 12 nitrogen and oxygen atoms in total. The number of amides is 4. The number of ether oxygens (including phenoxy) is 1. The smallest absolute Gasteiger partial charge is 0.408 e. The molecule has 38 heavy (non-hydrogen) atoms. The van der Waals surface area contributed by atoms with Crippen molar-refractivity contribution in [2.24, 2.45) is 0 Å². The molecule has 0 saturated carbocycles. The predicted octanol–water partition coefficient (Wildman–Crippen LogP) is 2.33. The van der Waals surface area contributed by atoms with Crippen LogP contribution in [0, 0.1) is 6.92 Å². The zero-order valence-electron chi connectivity index (χ0n) is 22.5. The van der Waals surface area contributed by atoms with Gasteiger partial charge in [-0.1, -0.05) is 0 Å². The van der Waals surface area contributed by atoms with Crippen molar-refractivity contribution >= 4 is 30.1 Å². The van der Waals surface area contributed by atoms with Gasteiger partial charge in [0.2, 0.25) is 5.91 Å². The lowest BCUT2D eigenvalue weighted by atomic mass is 10.0. The summed E-state index contributed by atoms with van der Waals surface area (Å²) in [5, 5.41) is 5.23. The van der Waals surface area contributed by atoms with E-state index in [0.717, 1.165) is 11.8 Å². The van der Waals surface area contributed by atoms with Gasteiger partial charge in [-0.05, 0) is 71.4 Å². The molecule has 204 valence electrons. The quantitative estimate of drug-likeness (QED) is 0.569. The number of aryl methyl sites for hydroxylation is 1. The third-order valence-electron chi connectivity index (χ3n) is 5.90. The minimum atomic E-state index is -1.19. The molecule has 1 aliphatic rings. The molecule has 0 spiro atoms. The van der Waals surface area contributed by atoms with Crippen molar-refractivity contribution in [3.8, 4) is 5.69 Å². The van der Waals surface area contributed by atoms with E-state index < -0.39 is 29.0 Å². The lowest BCUT2D eigenvalue weighted by molar-refractivity contribution is -0.138. The zero-order chi connectivity index (χ0) is 28.3. The summed E-state index contributed by atoms with van der Waals surface area (Å²) in [7, 11) is 0. The Morgan fingerprint density at radius 1 is 1.00 bits per heavy atom. The summed E-state index contributed by atoms with van der Waals surface area (Å²) in [4.78, 5) is 68.5. The third kappa shape index (κ3) is 6.96. The number of aromatic nitrogens is 2. The molecule has 1 aliphatic heterocycles. The van der Waals surface area contributed by atoms with Crippen LogP contribution in [-0.2, 0) is 9.53 Å². The van der Waals surface area contributed by atoms with Crippen LogP contribution in [0.2, 0.25) is 0 Å². The normalized spacial score (nSPS) is 14.1. The molecule has 1 aromatic heterocycles. The van der Waals surface area contributed by atoms with Crippen molar-refractivity contribution in [3.63, 3.8) is 0 Å². The average molecular weight is 527 g/mol. The number of hydrogen-bond donors (Lipinski definition) is 2. The van der Waals surface area contributed by atoms with Crippen LogP contribution in [-0.4, -0.2) is 81.0 Å². The van der Waals surface area contributed by atoms with E-state index in [2.05, 4.69) is 15.6 Å². The number of aldehydes is 1. The number of urea groups is 1. The van der Waals surface area contributed by atoms with Crippen LogP contribution in [0.5, 0.6) is 0 Å². The second-order valence-corrected chi connectivity index (χ2v) is 10.6. The van der Waals surface area contributed by atoms with Crippen LogP contribution in [0.15, 0.2) is 35.3 Å². The van der Waals surface area contributed by atoms with Crippen LogP contribution in [0.25, 0.3) is 5.69 Å². The molecule has 0 aliphatic carbocycles. The monoisotopic (exact) mass is 526 g/mol. The molecule has 2 aromatic rings. The minimum Gasteiger partial charge on any atom is -0.444 e. The molecule has 1 saturated heterocycles. The Morgan fingerprint density at radius 2 is 1.63 bits per heavy atom. The molecule has 1 aromatic carbocycles. The number of hydrogen-bond acceptors (Lipinski definition) is 7. The number of nitrogens with one attached hydrogen (secondary N) is 2. The van der Waals surface area contributed by atoms with Crippen LogP contribution in [0.3, 0.4) is 0 Å². The number of nitrogens with zero attached hydrogens (tertiary/aromatic N) is 4. The maximum atomic E-state index is 13.0. The molecule has 0 bridgehead atoms. The van der Waals surface area contributed by atoms with E-state index in [1.807, 2.05) is 0 Å². The van der Waals surface area contributed by atoms with Crippen molar-refractivity contribution in [2.75, 3.05) is 31.5 Å². The summed E-state index contributed by atoms with van der Waals surface area (Å²) in [6.07, 6.45) is 1.56. The van der Waals surface area contributed by atoms with Crippen molar-refractivity contribution in [2.45, 2.75) is 52.7 Å². The highest BCUT2D eigenvalue weighted by atomic mass is 16.6. The lowest BCUT2D eigenvalue weighted by Crippen LogP contribution is -2.60. The van der Waals surface area contributed by atoms with Gasteiger partial charge in [0.15, 0.2) is 0 Å². The number of alkyl carbamates (subject to hydrolysis) is 1. The molecule has 4 amide bonds. The third-order valence-corrected chi connectivity index (χ3v) is 5.90. The van der Waals surface area contributed by atoms with Gasteiger partial charge in [0.25, 0.3) is 0 Å². The summed E-state index contributed by atoms with van der Waals surface area (Å²) < 4.78 is 6.56. The maximum Gasteiger partial charge on any atom is 0.408 e. The first-order chi connectivity index (χ1) is 17.7. The molecule has 12 heteroatoms. The summed E-state index contributed by atoms with van der Waals surface area (Å²) in [6.45, 7) is 11.3. The Bertz CT molecular complexity index is 1290. The Hall–Kier alpha value is -4.22. The highest BCUT2D eigenvalue weighted by Crippen LogP contribution is 2.15. The lowest BCUT2D eigenvalue weighted by Gasteiger charge is -2.38. The fraction of sp³-hybridized carbons (Fsp3) is 0.462. The predicted molar refractivity (Wildman–Crippen MR) is 141 cm³/mol. The van der Waals surface area contributed by atoms with Gasteiger partial charge in [-0.2, -0.15) is 4.98 Å². The SMILES string of the molecule is Cc1cc(-n2ccc(NC(=O)N3CCN(C(=O)C(C)(C)NC(=O)OC(C)(C)C)CC3)nc2=O)ccc1C=O. The van der Waals surface area contributed by atoms with E-state index in [1.54, 1.807) is 64.6 Å². The first-order valence-electron chi connectivity index (χ1n) is 12.2. The van der Waals surface area contributed by atoms with Crippen molar-refractivity contribution in [3.05, 3.63) is 52.1 Å². The van der Waals surface area contributed by atoms with Gasteiger partial charge < -0.3 is 19.9 Å². The molecule has 0 unspecified atom stereocenters. The topological polar surface area (TPSA) is 143 Å². The molecular weight excluding hydrogens is 492 g/mol. The van der Waals surface area contributed by atoms with E-state index in [0.29, 0.717) is 11.3 Å². The fourth-order valence-corrected chi connectivity index (χ4v) is 3.92. The van der Waals surface area contributed by atoms with Crippen LogP contribution in [0.4, 0.5) is 15.4 Å². The molecule has 2 N–H and O–H groups in total. The van der Waals surface area contributed by atoms with Gasteiger partial charge in [-0.3, -0.25) is 19.5 Å². The minimum absolute atomic E-state index is 0.0960. The standard InChI is InChI=1S/C26H34N6O6/c1-17-15-19(8-7-18(17)16-33)32-10-9-20(28-23(32)36)27-22(35)31-13-11-30(12-14-31)21(34)26(5,6)29-24(37)38-25(2,3)4/h7-10,15-16H,11-14H2,1-6H3,(H,29,37)(H,27,28,35,36). The first-order valence-corrected chi connectivity index (χ1v) is 12.2. The number of rotatable bonds is 5. The second-order valence-electron chi connectivity index (χ2n) is 10.6. The van der Waals surface area contributed by atoms with Gasteiger partial charge in [0.1, 0.15) is 23.2 Å². The Kier molecular flexibility index (Phi) is 8.23. The summed E-state index contributed by atoms with van der Waals surface area (Å²) in [5.41, 5.74) is -0.659. The maximum absolute atomic E-state index is 13.0. The van der Waals surface area contributed by atoms with E-state index in [9.17, 15) is 24.0 Å². The zero-order valence-corrected chi connectivity index (χ0v) is 22.5. The van der Waals surface area contributed by atoms with Gasteiger partial charge in [0.05, 0.1) is 5.69 Å². The summed E-state index contributed by atoms with van der Waals surface area (Å²) in [5.74, 6) is -0.191. The number of carbonyl (C=O) groups excluding carboxylic acids is 4. The number of anilines is 1. The summed E-state index contributed by atoms with van der Waals surface area (Å²) in [6, 6.07) is 6.03. The molecule has 2 heterocycles. The van der Waals surface area contributed by atoms with E-state index in [-0.39, 0.29) is 37.9 Å². The van der Waals surface area contributed by atoms with Crippen molar-refractivity contribution in [1.82, 2.24) is 24.7 Å². The van der Waals surface area contributed by atoms with Gasteiger partial charge >= 0.3 is 17.8 Å². The Morgan fingerprint density at radius 3 is 2.18 bits per heavy atom. The Balaban J connectivity index is 1.57. The number of benzene rings is 1. The molecule has 3 rings (SSSR count). The van der Waals surface area contributed by atoms with E-state index in [1.165, 1.54) is 21.7 Å². The van der Waals surface area contributed by atoms with Crippen LogP contribution in [0.1, 0.15) is 50.5 Å². The molecule has 1 fully saturated rings. The molecule has 0 radical (unpaired) electrons. The molecular formula is C26H34N6O6. The van der Waals surface area contributed by atoms with Gasteiger partial charge in [-0.15, -0.1) is 0 Å². The highest BCUT2D eigenvalue weighted by Gasteiger charge is 2.36. The van der Waals surface area contributed by atoms with Gasteiger partial charge in [-0.25, -0.2) is 14.4 Å². The molecule has 0 atom stereocenters. The van der Waals surface area contributed by atoms with E-state index >= 15 is 0 Å². The fourth-order valence-electron chi connectivity index (χ4n) is 3.92. The summed E-state index contributed by atoms with van der Waals surface area (Å²) >= 11 is 0. The van der Waals surface area contributed by atoms with Crippen molar-refractivity contribution in [1.29, 1.82) is 0 Å². The first kappa shape index (κ1) is 28.4. The highest BCUT2D eigenvalue weighted by molar-refractivity contribution is 5.90.